The van der Waals surface area contributed by atoms with Gasteiger partial charge in [0, 0.05) is 0 Å². The number of hydrogen-bond donors (Lipinski definition) is 0. The molecule has 2 fully saturated rings. The van der Waals surface area contributed by atoms with E-state index in [-0.39, 0.29) is 0 Å². The van der Waals surface area contributed by atoms with Gasteiger partial charge >= 0.3 is 41.9 Å². The fourth-order valence-electron chi connectivity index (χ4n) is 5.27. The molecule has 0 atom stereocenters. The normalized spacial score (nSPS) is 14.4. The number of fused-ring (bicyclic) bond motifs is 2. The summed E-state index contributed by atoms with van der Waals surface area (Å²) in [5, 5.41) is 5.64. The molecule has 0 saturated heterocycles. The summed E-state index contributed by atoms with van der Waals surface area (Å²) in [6, 6.07) is 17.8. The van der Waals surface area contributed by atoms with Crippen molar-refractivity contribution < 1.29 is 18.0 Å². The molecular weight excluding hydrogens is 623 g/mol. The molecule has 2 aliphatic rings. The predicted octanol–water partition coefficient (Wildman–Crippen LogP) is 12.3. The van der Waals surface area contributed by atoms with E-state index in [1.165, 1.54) is 119 Å². The van der Waals surface area contributed by atoms with Crippen LogP contribution < -0.4 is 0 Å². The van der Waals surface area contributed by atoms with E-state index in [0.717, 1.165) is 0 Å². The Morgan fingerprint density at radius 2 is 0.850 bits per heavy atom. The zero-order valence-electron chi connectivity index (χ0n) is 25.6. The average molecular weight is 671 g/mol. The van der Waals surface area contributed by atoms with Gasteiger partial charge in [0.15, 0.2) is 0 Å². The molecule has 0 bridgehead atoms. The van der Waals surface area contributed by atoms with E-state index in [1.807, 2.05) is 0 Å². The molecule has 2 aliphatic carbocycles. The summed E-state index contributed by atoms with van der Waals surface area (Å²) < 4.78 is 0. The van der Waals surface area contributed by atoms with Gasteiger partial charge in [0.2, 0.25) is 0 Å². The number of halogens is 2. The van der Waals surface area contributed by atoms with E-state index in [9.17, 15) is 0 Å². The Morgan fingerprint density at radius 3 is 1.07 bits per heavy atom. The summed E-state index contributed by atoms with van der Waals surface area (Å²) in [6.45, 7) is 16.0. The van der Waals surface area contributed by atoms with Gasteiger partial charge in [-0.25, -0.2) is 0 Å². The van der Waals surface area contributed by atoms with Gasteiger partial charge in [-0.2, -0.15) is 37.8 Å². The Labute approximate surface area is 262 Å². The van der Waals surface area contributed by atoms with E-state index < -0.39 is 18.0 Å². The molecule has 2 radical (unpaired) electrons. The molecule has 6 rings (SSSR count). The number of rotatable bonds is 0. The van der Waals surface area contributed by atoms with Crippen LogP contribution in [-0.2, 0) is 18.0 Å². The summed E-state index contributed by atoms with van der Waals surface area (Å²) in [6.07, 6.45) is 19.0. The molecule has 0 aromatic heterocycles. The number of hydrogen-bond acceptors (Lipinski definition) is 0. The second-order valence-electron chi connectivity index (χ2n) is 11.2. The molecule has 0 nitrogen and oxygen atoms in total. The zero-order valence-corrected chi connectivity index (χ0v) is 30.6. The Morgan fingerprint density at radius 1 is 0.550 bits per heavy atom. The Balaban J connectivity index is 0.000000187. The quantitative estimate of drug-likeness (QED) is 0.129. The average Bonchev–Trinajstić information content (AvgIpc) is 3.55. The van der Waals surface area contributed by atoms with Crippen LogP contribution >= 0.6 is 17.0 Å². The molecule has 40 heavy (non-hydrogen) atoms. The van der Waals surface area contributed by atoms with E-state index >= 15 is 0 Å². The van der Waals surface area contributed by atoms with Crippen molar-refractivity contribution in [1.29, 1.82) is 0 Å². The molecular formula is C36H48Cl2SiZr-4. The summed E-state index contributed by atoms with van der Waals surface area (Å²) in [4.78, 5) is 0. The van der Waals surface area contributed by atoms with Gasteiger partial charge in [-0.15, -0.1) is 68.1 Å². The van der Waals surface area contributed by atoms with E-state index in [0.29, 0.717) is 0 Å². The van der Waals surface area contributed by atoms with Crippen LogP contribution in [0.25, 0.3) is 21.5 Å². The molecule has 218 valence electrons. The minimum absolute atomic E-state index is 1.36. The number of benzene rings is 2. The zero-order chi connectivity index (χ0) is 29.5. The molecule has 0 heterocycles. The van der Waals surface area contributed by atoms with Crippen molar-refractivity contribution in [2.75, 3.05) is 0 Å². The maximum atomic E-state index is 5.15. The van der Waals surface area contributed by atoms with Gasteiger partial charge in [0.05, 0.1) is 0 Å². The summed E-state index contributed by atoms with van der Waals surface area (Å²) in [5.41, 5.74) is 8.24. The van der Waals surface area contributed by atoms with Crippen molar-refractivity contribution in [2.45, 2.75) is 106 Å². The van der Waals surface area contributed by atoms with Crippen molar-refractivity contribution in [1.82, 2.24) is 0 Å². The summed E-state index contributed by atoms with van der Waals surface area (Å²) >= 11 is -1.79. The van der Waals surface area contributed by atoms with Crippen LogP contribution in [0.4, 0.5) is 0 Å². The van der Waals surface area contributed by atoms with Gasteiger partial charge < -0.3 is 12.8 Å². The molecule has 0 amide bonds. The molecule has 0 aliphatic heterocycles. The van der Waals surface area contributed by atoms with Crippen LogP contribution in [0.1, 0.15) is 97.6 Å². The Hall–Kier alpha value is -0.660. The van der Waals surface area contributed by atoms with Gasteiger partial charge in [-0.05, 0) is 13.8 Å². The first-order valence-corrected chi connectivity index (χ1v) is 25.4. The second-order valence-corrected chi connectivity index (χ2v) is 24.8. The van der Waals surface area contributed by atoms with Crippen LogP contribution in [0.5, 0.6) is 0 Å². The van der Waals surface area contributed by atoms with Crippen molar-refractivity contribution in [3.05, 3.63) is 94.8 Å². The van der Waals surface area contributed by atoms with Crippen molar-refractivity contribution in [3.8, 4) is 0 Å². The van der Waals surface area contributed by atoms with Gasteiger partial charge in [-0.1, -0.05) is 89.5 Å². The third-order valence-electron chi connectivity index (χ3n) is 7.57. The SMILES string of the molecule is Cc1cc2c(C)ccc(C)c2[cH-]1.Cc1cc2c(C)ccc(C)c2[cH-]1.[CH-]1CCCCC1.[CH-]1CCCCC1.[Si]=[Zr]([Cl])[Cl]. The number of aryl methyl sites for hydroxylation is 6. The van der Waals surface area contributed by atoms with Gasteiger partial charge in [0.1, 0.15) is 0 Å². The van der Waals surface area contributed by atoms with Crippen molar-refractivity contribution in [2.24, 2.45) is 0 Å². The molecule has 4 aromatic rings. The minimum atomic E-state index is -1.79. The summed E-state index contributed by atoms with van der Waals surface area (Å²) in [5.74, 6) is 0. The van der Waals surface area contributed by atoms with E-state index in [2.05, 4.69) is 110 Å². The van der Waals surface area contributed by atoms with Crippen molar-refractivity contribution in [3.63, 3.8) is 0 Å². The molecule has 4 heteroatoms. The van der Waals surface area contributed by atoms with Crippen molar-refractivity contribution >= 4 is 45.4 Å². The molecule has 4 aromatic carbocycles. The topological polar surface area (TPSA) is 0 Å². The first-order valence-electron chi connectivity index (χ1n) is 14.9. The first kappa shape index (κ1) is 35.5. The second kappa shape index (κ2) is 19.5. The standard InChI is InChI=1S/2C12H13.2C6H11.2ClH.Si.Zr/c2*1-8-6-11-9(2)4-5-10(3)12(11)7-8;2*1-2-4-6-5-3-1;;;;/h2*4-7H,1-3H3;2*1H,2-6H2;2*1H;;/q4*-1;;;;+2/p-2. The fourth-order valence-corrected chi connectivity index (χ4v) is 5.27. The predicted molar refractivity (Wildman–Crippen MR) is 180 cm³/mol. The van der Waals surface area contributed by atoms with Crippen LogP contribution in [0.15, 0.2) is 48.5 Å². The third-order valence-corrected chi connectivity index (χ3v) is 7.57. The molecule has 2 saturated carbocycles. The fraction of sp³-hybridized carbons (Fsp3) is 0.444. The first-order chi connectivity index (χ1) is 19.1. The van der Waals surface area contributed by atoms with Crippen LogP contribution in [0.2, 0.25) is 0 Å². The molecule has 0 N–H and O–H groups in total. The van der Waals surface area contributed by atoms with Crippen LogP contribution in [-0.4, -0.2) is 6.88 Å². The maximum absolute atomic E-state index is 5.15. The monoisotopic (exact) mass is 668 g/mol. The Kier molecular flexibility index (Phi) is 17.3. The van der Waals surface area contributed by atoms with Crippen LogP contribution in [0.3, 0.4) is 0 Å². The van der Waals surface area contributed by atoms with E-state index in [4.69, 9.17) is 17.0 Å². The van der Waals surface area contributed by atoms with Crippen LogP contribution in [0, 0.1) is 54.4 Å². The molecule has 0 spiro atoms. The van der Waals surface area contributed by atoms with E-state index in [1.54, 1.807) is 0 Å². The third kappa shape index (κ3) is 13.1. The Bertz CT molecular complexity index is 1100. The van der Waals surface area contributed by atoms with Gasteiger partial charge in [-0.3, -0.25) is 0 Å². The molecule has 0 unspecified atom stereocenters. The summed E-state index contributed by atoms with van der Waals surface area (Å²) in [7, 11) is 10.3. The van der Waals surface area contributed by atoms with Gasteiger partial charge in [0.25, 0.3) is 0 Å².